The van der Waals surface area contributed by atoms with Crippen molar-refractivity contribution in [3.63, 3.8) is 0 Å². The van der Waals surface area contributed by atoms with Crippen LogP contribution in [0.4, 0.5) is 0 Å². The third-order valence-electron chi connectivity index (χ3n) is 3.72. The summed E-state index contributed by atoms with van der Waals surface area (Å²) in [6.45, 7) is 9.76. The molecule has 2 heteroatoms. The molecule has 0 aliphatic heterocycles. The van der Waals surface area contributed by atoms with Gasteiger partial charge in [0.05, 0.1) is 0 Å². The lowest BCUT2D eigenvalue weighted by Crippen LogP contribution is -2.40. The van der Waals surface area contributed by atoms with Crippen LogP contribution in [0.5, 0.6) is 0 Å². The molecular formula is C17H35NO. The van der Waals surface area contributed by atoms with Crippen LogP contribution in [0.3, 0.4) is 0 Å². The quantitative estimate of drug-likeness (QED) is 0.448. The van der Waals surface area contributed by atoms with E-state index >= 15 is 0 Å². The molecule has 0 aliphatic rings. The van der Waals surface area contributed by atoms with Crippen LogP contribution in [0.1, 0.15) is 91.9 Å². The number of carbonyl (C=O) groups excluding carboxylic acids is 1. The molecule has 0 bridgehead atoms. The van der Waals surface area contributed by atoms with Crippen LogP contribution >= 0.6 is 0 Å². The molecule has 0 aromatic rings. The van der Waals surface area contributed by atoms with Gasteiger partial charge in [0.2, 0.25) is 5.91 Å². The lowest BCUT2D eigenvalue weighted by molar-refractivity contribution is -0.134. The van der Waals surface area contributed by atoms with Crippen molar-refractivity contribution in [3.8, 4) is 0 Å². The predicted molar refractivity (Wildman–Crippen MR) is 84.4 cm³/mol. The number of nitrogens with zero attached hydrogens (tertiary/aromatic N) is 1. The van der Waals surface area contributed by atoms with Gasteiger partial charge in [0, 0.05) is 19.0 Å². The molecule has 0 radical (unpaired) electrons. The molecule has 0 unspecified atom stereocenters. The Morgan fingerprint density at radius 2 is 1.47 bits per heavy atom. The Kier molecular flexibility index (Phi) is 12.2. The fourth-order valence-electron chi connectivity index (χ4n) is 2.70. The van der Waals surface area contributed by atoms with Gasteiger partial charge in [0.25, 0.3) is 0 Å². The first-order chi connectivity index (χ1) is 9.21. The van der Waals surface area contributed by atoms with Crippen molar-refractivity contribution >= 4 is 5.91 Å². The maximum absolute atomic E-state index is 12.3. The molecule has 0 saturated carbocycles. The van der Waals surface area contributed by atoms with Gasteiger partial charge in [-0.05, 0) is 25.7 Å². The largest absolute Gasteiger partial charge is 0.340 e. The van der Waals surface area contributed by atoms with Gasteiger partial charge in [-0.3, -0.25) is 4.79 Å². The molecule has 2 nitrogen and oxygen atoms in total. The summed E-state index contributed by atoms with van der Waals surface area (Å²) in [5.74, 6) is 0.380. The molecule has 0 aliphatic carbocycles. The van der Waals surface area contributed by atoms with E-state index in [1.54, 1.807) is 0 Å². The van der Waals surface area contributed by atoms with Crippen molar-refractivity contribution in [2.45, 2.75) is 97.9 Å². The normalized spacial score (nSPS) is 11.0. The minimum atomic E-state index is 0.380. The maximum atomic E-state index is 12.3. The lowest BCUT2D eigenvalue weighted by Gasteiger charge is -2.32. The molecule has 0 N–H and O–H groups in total. The third-order valence-corrected chi connectivity index (χ3v) is 3.72. The average molecular weight is 269 g/mol. The highest BCUT2D eigenvalue weighted by Crippen LogP contribution is 2.16. The van der Waals surface area contributed by atoms with E-state index in [9.17, 15) is 4.79 Å². The van der Waals surface area contributed by atoms with Gasteiger partial charge >= 0.3 is 0 Å². The topological polar surface area (TPSA) is 20.3 Å². The number of hydrogen-bond acceptors (Lipinski definition) is 1. The Bertz CT molecular complexity index is 209. The second-order valence-electron chi connectivity index (χ2n) is 5.63. The molecule has 1 amide bonds. The summed E-state index contributed by atoms with van der Waals surface area (Å²) in [6.07, 6.45) is 11.4. The van der Waals surface area contributed by atoms with Crippen molar-refractivity contribution in [3.05, 3.63) is 0 Å². The summed E-state index contributed by atoms with van der Waals surface area (Å²) in [5, 5.41) is 0. The van der Waals surface area contributed by atoms with E-state index in [1.807, 2.05) is 0 Å². The Hall–Kier alpha value is -0.530. The van der Waals surface area contributed by atoms with Crippen molar-refractivity contribution in [2.24, 2.45) is 0 Å². The van der Waals surface area contributed by atoms with Crippen molar-refractivity contribution in [2.75, 3.05) is 6.54 Å². The summed E-state index contributed by atoms with van der Waals surface area (Å²) in [6, 6.07) is 0.482. The van der Waals surface area contributed by atoms with Crippen LogP contribution in [0.2, 0.25) is 0 Å². The average Bonchev–Trinajstić information content (AvgIpc) is 2.39. The molecule has 19 heavy (non-hydrogen) atoms. The van der Waals surface area contributed by atoms with E-state index < -0.39 is 0 Å². The fourth-order valence-corrected chi connectivity index (χ4v) is 2.70. The maximum Gasteiger partial charge on any atom is 0.222 e. The number of unbranched alkanes of at least 4 members (excludes halogenated alkanes) is 3. The van der Waals surface area contributed by atoms with Crippen molar-refractivity contribution in [1.82, 2.24) is 4.90 Å². The van der Waals surface area contributed by atoms with Crippen molar-refractivity contribution in [1.29, 1.82) is 0 Å². The first-order valence-electron chi connectivity index (χ1n) is 8.50. The Morgan fingerprint density at radius 3 is 1.95 bits per heavy atom. The number of hydrogen-bond donors (Lipinski definition) is 0. The lowest BCUT2D eigenvalue weighted by atomic mass is 10.0. The molecule has 0 aromatic heterocycles. The molecular weight excluding hydrogens is 234 g/mol. The van der Waals surface area contributed by atoms with E-state index in [1.165, 1.54) is 38.5 Å². The molecule has 0 aromatic carbocycles. The SMILES string of the molecule is CCCCCCN(C(=O)CCC)C(CCC)CCC. The zero-order chi connectivity index (χ0) is 14.5. The summed E-state index contributed by atoms with van der Waals surface area (Å²) >= 11 is 0. The van der Waals surface area contributed by atoms with E-state index in [4.69, 9.17) is 0 Å². The van der Waals surface area contributed by atoms with Gasteiger partial charge in [0.15, 0.2) is 0 Å². The van der Waals surface area contributed by atoms with Gasteiger partial charge in [-0.1, -0.05) is 59.8 Å². The molecule has 0 atom stereocenters. The molecule has 0 saturated heterocycles. The van der Waals surface area contributed by atoms with Crippen LogP contribution in [0, 0.1) is 0 Å². The number of carbonyl (C=O) groups is 1. The minimum absolute atomic E-state index is 0.380. The first kappa shape index (κ1) is 18.5. The molecule has 0 spiro atoms. The van der Waals surface area contributed by atoms with Gasteiger partial charge in [0.1, 0.15) is 0 Å². The zero-order valence-electron chi connectivity index (χ0n) is 13.7. The summed E-state index contributed by atoms with van der Waals surface area (Å²) < 4.78 is 0. The van der Waals surface area contributed by atoms with Crippen LogP contribution in [0.25, 0.3) is 0 Å². The summed E-state index contributed by atoms with van der Waals surface area (Å²) in [5.41, 5.74) is 0. The highest BCUT2D eigenvalue weighted by molar-refractivity contribution is 5.76. The molecule has 0 heterocycles. The number of rotatable bonds is 12. The van der Waals surface area contributed by atoms with Gasteiger partial charge in [-0.2, -0.15) is 0 Å². The second-order valence-corrected chi connectivity index (χ2v) is 5.63. The van der Waals surface area contributed by atoms with Crippen molar-refractivity contribution < 1.29 is 4.79 Å². The van der Waals surface area contributed by atoms with Crippen LogP contribution < -0.4 is 0 Å². The smallest absolute Gasteiger partial charge is 0.222 e. The van der Waals surface area contributed by atoms with Gasteiger partial charge in [-0.15, -0.1) is 0 Å². The standard InChI is InChI=1S/C17H35NO/c1-5-9-10-11-15-18(17(19)14-8-4)16(12-6-2)13-7-3/h16H,5-15H2,1-4H3. The fraction of sp³-hybridized carbons (Fsp3) is 0.941. The van der Waals surface area contributed by atoms with Gasteiger partial charge in [-0.25, -0.2) is 0 Å². The van der Waals surface area contributed by atoms with E-state index in [0.29, 0.717) is 11.9 Å². The van der Waals surface area contributed by atoms with E-state index in [2.05, 4.69) is 32.6 Å². The zero-order valence-corrected chi connectivity index (χ0v) is 13.7. The monoisotopic (exact) mass is 269 g/mol. The molecule has 0 rings (SSSR count). The van der Waals surface area contributed by atoms with E-state index in [-0.39, 0.29) is 0 Å². The van der Waals surface area contributed by atoms with Gasteiger partial charge < -0.3 is 4.90 Å². The summed E-state index contributed by atoms with van der Waals surface area (Å²) in [4.78, 5) is 14.5. The summed E-state index contributed by atoms with van der Waals surface area (Å²) in [7, 11) is 0. The minimum Gasteiger partial charge on any atom is -0.340 e. The van der Waals surface area contributed by atoms with Crippen LogP contribution in [-0.2, 0) is 4.79 Å². The third kappa shape index (κ3) is 8.28. The Balaban J connectivity index is 4.46. The highest BCUT2D eigenvalue weighted by atomic mass is 16.2. The predicted octanol–water partition coefficient (Wildman–Crippen LogP) is 5.16. The number of amides is 1. The Labute approximate surface area is 120 Å². The second kappa shape index (κ2) is 12.5. The Morgan fingerprint density at radius 1 is 0.842 bits per heavy atom. The van der Waals surface area contributed by atoms with E-state index in [0.717, 1.165) is 32.2 Å². The first-order valence-corrected chi connectivity index (χ1v) is 8.50. The van der Waals surface area contributed by atoms with Crippen LogP contribution in [0.15, 0.2) is 0 Å². The highest BCUT2D eigenvalue weighted by Gasteiger charge is 2.21. The molecule has 0 fully saturated rings. The molecule has 114 valence electrons. The van der Waals surface area contributed by atoms with Crippen LogP contribution in [-0.4, -0.2) is 23.4 Å².